The molecule has 1 aromatic carbocycles. The van der Waals surface area contributed by atoms with E-state index in [0.29, 0.717) is 17.9 Å². The Kier molecular flexibility index (Phi) is 4.45. The average Bonchev–Trinajstić information content (AvgIpc) is 3.13. The molecule has 1 aliphatic carbocycles. The highest BCUT2D eigenvalue weighted by molar-refractivity contribution is 5.25. The van der Waals surface area contributed by atoms with Gasteiger partial charge >= 0.3 is 0 Å². The summed E-state index contributed by atoms with van der Waals surface area (Å²) in [6.07, 6.45) is 3.93. The third kappa shape index (κ3) is 3.84. The van der Waals surface area contributed by atoms with Crippen LogP contribution in [0.2, 0.25) is 0 Å². The highest BCUT2D eigenvalue weighted by atomic mass is 15.0. The molecule has 1 aromatic rings. The van der Waals surface area contributed by atoms with Crippen LogP contribution in [0.3, 0.4) is 0 Å². The van der Waals surface area contributed by atoms with Gasteiger partial charge in [-0.1, -0.05) is 45.0 Å². The van der Waals surface area contributed by atoms with E-state index >= 15 is 0 Å². The Morgan fingerprint density at radius 2 is 1.67 bits per heavy atom. The fraction of sp³-hybridized carbons (Fsp3) is 0.647. The van der Waals surface area contributed by atoms with Crippen LogP contribution in [0.4, 0.5) is 0 Å². The van der Waals surface area contributed by atoms with Crippen molar-refractivity contribution in [3.05, 3.63) is 35.4 Å². The molecular weight excluding hydrogens is 218 g/mol. The fourth-order valence-corrected chi connectivity index (χ4v) is 2.37. The van der Waals surface area contributed by atoms with Crippen LogP contribution in [0.15, 0.2) is 24.3 Å². The van der Waals surface area contributed by atoms with Crippen LogP contribution in [0.5, 0.6) is 0 Å². The lowest BCUT2D eigenvalue weighted by molar-refractivity contribution is 0.396. The minimum Gasteiger partial charge on any atom is -0.311 e. The SMILES string of the molecule is CC(C)c1ccc(CC(C)C(C)NC2CC2)cc1. The molecule has 0 radical (unpaired) electrons. The molecule has 1 N–H and O–H groups in total. The molecule has 0 aliphatic heterocycles. The predicted octanol–water partition coefficient (Wildman–Crippen LogP) is 4.13. The van der Waals surface area contributed by atoms with Crippen molar-refractivity contribution >= 4 is 0 Å². The van der Waals surface area contributed by atoms with Gasteiger partial charge < -0.3 is 5.32 Å². The summed E-state index contributed by atoms with van der Waals surface area (Å²) in [6, 6.07) is 10.6. The van der Waals surface area contributed by atoms with Crippen LogP contribution in [-0.4, -0.2) is 12.1 Å². The van der Waals surface area contributed by atoms with Crippen LogP contribution in [0, 0.1) is 5.92 Å². The van der Waals surface area contributed by atoms with Gasteiger partial charge in [-0.15, -0.1) is 0 Å². The molecule has 2 rings (SSSR count). The van der Waals surface area contributed by atoms with Crippen LogP contribution >= 0.6 is 0 Å². The number of rotatable bonds is 6. The lowest BCUT2D eigenvalue weighted by Gasteiger charge is -2.21. The monoisotopic (exact) mass is 245 g/mol. The summed E-state index contributed by atoms with van der Waals surface area (Å²) in [7, 11) is 0. The third-order valence-corrected chi connectivity index (χ3v) is 4.13. The lowest BCUT2D eigenvalue weighted by atomic mass is 9.93. The second kappa shape index (κ2) is 5.88. The second-order valence-corrected chi connectivity index (χ2v) is 6.31. The third-order valence-electron chi connectivity index (χ3n) is 4.13. The summed E-state index contributed by atoms with van der Waals surface area (Å²) < 4.78 is 0. The summed E-state index contributed by atoms with van der Waals surface area (Å²) in [4.78, 5) is 0. The first kappa shape index (κ1) is 13.6. The maximum Gasteiger partial charge on any atom is 0.00708 e. The van der Waals surface area contributed by atoms with Gasteiger partial charge in [-0.05, 0) is 49.1 Å². The lowest BCUT2D eigenvalue weighted by Crippen LogP contribution is -2.34. The summed E-state index contributed by atoms with van der Waals surface area (Å²) in [5.41, 5.74) is 2.91. The maximum absolute atomic E-state index is 3.70. The van der Waals surface area contributed by atoms with Gasteiger partial charge in [-0.3, -0.25) is 0 Å². The molecular formula is C17H27N. The molecule has 0 spiro atoms. The van der Waals surface area contributed by atoms with Gasteiger partial charge in [0.05, 0.1) is 0 Å². The zero-order chi connectivity index (χ0) is 13.1. The Hall–Kier alpha value is -0.820. The largest absolute Gasteiger partial charge is 0.311 e. The Morgan fingerprint density at radius 1 is 1.06 bits per heavy atom. The van der Waals surface area contributed by atoms with E-state index in [4.69, 9.17) is 0 Å². The van der Waals surface area contributed by atoms with Gasteiger partial charge in [0, 0.05) is 12.1 Å². The summed E-state index contributed by atoms with van der Waals surface area (Å²) >= 11 is 0. The van der Waals surface area contributed by atoms with Crippen molar-refractivity contribution in [3.8, 4) is 0 Å². The molecule has 1 saturated carbocycles. The van der Waals surface area contributed by atoms with Gasteiger partial charge in [0.1, 0.15) is 0 Å². The van der Waals surface area contributed by atoms with Gasteiger partial charge in [0.25, 0.3) is 0 Å². The van der Waals surface area contributed by atoms with Crippen molar-refractivity contribution in [3.63, 3.8) is 0 Å². The number of hydrogen-bond acceptors (Lipinski definition) is 1. The van der Waals surface area contributed by atoms with E-state index in [1.165, 1.54) is 30.4 Å². The van der Waals surface area contributed by atoms with E-state index < -0.39 is 0 Å². The second-order valence-electron chi connectivity index (χ2n) is 6.31. The Morgan fingerprint density at radius 3 is 2.17 bits per heavy atom. The molecule has 2 unspecified atom stereocenters. The highest BCUT2D eigenvalue weighted by Gasteiger charge is 2.24. The van der Waals surface area contributed by atoms with E-state index in [-0.39, 0.29) is 0 Å². The van der Waals surface area contributed by atoms with Crippen LogP contribution in [0.25, 0.3) is 0 Å². The van der Waals surface area contributed by atoms with Crippen molar-refractivity contribution in [2.75, 3.05) is 0 Å². The van der Waals surface area contributed by atoms with Gasteiger partial charge in [-0.2, -0.15) is 0 Å². The molecule has 100 valence electrons. The van der Waals surface area contributed by atoms with Crippen molar-refractivity contribution in [1.82, 2.24) is 5.32 Å². The number of benzene rings is 1. The molecule has 0 bridgehead atoms. The first-order valence-electron chi connectivity index (χ1n) is 7.41. The predicted molar refractivity (Wildman–Crippen MR) is 79.0 cm³/mol. The fourth-order valence-electron chi connectivity index (χ4n) is 2.37. The van der Waals surface area contributed by atoms with Crippen LogP contribution in [-0.2, 0) is 6.42 Å². The molecule has 0 saturated heterocycles. The van der Waals surface area contributed by atoms with Crippen molar-refractivity contribution in [2.24, 2.45) is 5.92 Å². The summed E-state index contributed by atoms with van der Waals surface area (Å²) in [5, 5.41) is 3.70. The van der Waals surface area contributed by atoms with Crippen molar-refractivity contribution < 1.29 is 0 Å². The smallest absolute Gasteiger partial charge is 0.00708 e. The molecule has 1 fully saturated rings. The zero-order valence-electron chi connectivity index (χ0n) is 12.2. The molecule has 1 aliphatic rings. The van der Waals surface area contributed by atoms with E-state index in [1.807, 2.05) is 0 Å². The van der Waals surface area contributed by atoms with Crippen molar-refractivity contribution in [2.45, 2.75) is 65.0 Å². The van der Waals surface area contributed by atoms with E-state index in [2.05, 4.69) is 57.3 Å². The summed E-state index contributed by atoms with van der Waals surface area (Å²) in [6.45, 7) is 9.18. The molecule has 1 heteroatoms. The van der Waals surface area contributed by atoms with Gasteiger partial charge in [-0.25, -0.2) is 0 Å². The van der Waals surface area contributed by atoms with Gasteiger partial charge in [0.15, 0.2) is 0 Å². The number of nitrogens with one attached hydrogen (secondary N) is 1. The topological polar surface area (TPSA) is 12.0 Å². The van der Waals surface area contributed by atoms with Gasteiger partial charge in [0.2, 0.25) is 0 Å². The minimum atomic E-state index is 0.627. The van der Waals surface area contributed by atoms with Crippen molar-refractivity contribution in [1.29, 1.82) is 0 Å². The standard InChI is InChI=1S/C17H27N/c1-12(2)16-7-5-15(6-8-16)11-13(3)14(4)18-17-9-10-17/h5-8,12-14,17-18H,9-11H2,1-4H3. The molecule has 1 nitrogen and oxygen atoms in total. The maximum atomic E-state index is 3.70. The minimum absolute atomic E-state index is 0.627. The van der Waals surface area contributed by atoms with E-state index in [1.54, 1.807) is 0 Å². The summed E-state index contributed by atoms with van der Waals surface area (Å²) in [5.74, 6) is 1.34. The molecule has 0 heterocycles. The Balaban J connectivity index is 1.87. The first-order valence-corrected chi connectivity index (χ1v) is 7.41. The van der Waals surface area contributed by atoms with Crippen LogP contribution < -0.4 is 5.32 Å². The Labute approximate surface area is 112 Å². The average molecular weight is 245 g/mol. The molecule has 18 heavy (non-hydrogen) atoms. The molecule has 0 aromatic heterocycles. The first-order chi connectivity index (χ1) is 8.56. The number of hydrogen-bond donors (Lipinski definition) is 1. The van der Waals surface area contributed by atoms with E-state index in [0.717, 1.165) is 6.04 Å². The Bertz CT molecular complexity index is 362. The highest BCUT2D eigenvalue weighted by Crippen LogP contribution is 2.22. The molecule has 0 amide bonds. The quantitative estimate of drug-likeness (QED) is 0.794. The normalized spacial score (nSPS) is 18.9. The molecule has 2 atom stereocenters. The van der Waals surface area contributed by atoms with E-state index in [9.17, 15) is 0 Å². The van der Waals surface area contributed by atoms with Crippen LogP contribution in [0.1, 0.15) is 57.6 Å². The zero-order valence-corrected chi connectivity index (χ0v) is 12.2.